The molecule has 0 atom stereocenters. The van der Waals surface area contributed by atoms with Crippen LogP contribution in [0.5, 0.6) is 0 Å². The maximum Gasteiger partial charge on any atom is 0.416 e. The lowest BCUT2D eigenvalue weighted by Crippen LogP contribution is -2.07. The second-order valence-corrected chi connectivity index (χ2v) is 6.19. The van der Waals surface area contributed by atoms with Gasteiger partial charge in [-0.1, -0.05) is 11.3 Å². The Hall–Kier alpha value is -1.55. The van der Waals surface area contributed by atoms with E-state index < -0.39 is 11.7 Å². The van der Waals surface area contributed by atoms with Crippen LogP contribution in [0.25, 0.3) is 0 Å². The fraction of sp³-hybridized carbons (Fsp3) is 0.300. The van der Waals surface area contributed by atoms with Gasteiger partial charge in [-0.3, -0.25) is 0 Å². The first kappa shape index (κ1) is 14.9. The number of anilines is 2. The molecule has 2 heterocycles. The summed E-state index contributed by atoms with van der Waals surface area (Å²) in [5.74, 6) is -0.181. The number of hydrogen-bond donors (Lipinski definition) is 1. The van der Waals surface area contributed by atoms with Crippen molar-refractivity contribution in [2.24, 2.45) is 0 Å². The molecule has 2 N–H and O–H groups in total. The van der Waals surface area contributed by atoms with Gasteiger partial charge in [-0.05, 0) is 23.9 Å². The summed E-state index contributed by atoms with van der Waals surface area (Å²) < 4.78 is 38.5. The smallest absolute Gasteiger partial charge is 0.384 e. The van der Waals surface area contributed by atoms with E-state index in [9.17, 15) is 13.2 Å². The number of nitrogen functional groups attached to an aromatic ring is 1. The van der Waals surface area contributed by atoms with Crippen molar-refractivity contribution in [2.75, 3.05) is 24.7 Å². The summed E-state index contributed by atoms with van der Waals surface area (Å²) >= 11 is 2.26. The van der Waals surface area contributed by atoms with Crippen LogP contribution in [0, 0.1) is 0 Å². The van der Waals surface area contributed by atoms with Gasteiger partial charge in [0.2, 0.25) is 5.13 Å². The van der Waals surface area contributed by atoms with Gasteiger partial charge in [-0.25, -0.2) is 4.98 Å². The summed E-state index contributed by atoms with van der Waals surface area (Å²) in [5, 5.41) is 8.58. The largest absolute Gasteiger partial charge is 0.416 e. The molecule has 0 fully saturated rings. The van der Waals surface area contributed by atoms with Crippen LogP contribution in [0.1, 0.15) is 5.56 Å². The van der Waals surface area contributed by atoms with Crippen molar-refractivity contribution in [3.05, 3.63) is 17.7 Å². The topological polar surface area (TPSA) is 67.9 Å². The van der Waals surface area contributed by atoms with Crippen LogP contribution in [0.3, 0.4) is 0 Å². The van der Waals surface area contributed by atoms with Crippen molar-refractivity contribution in [1.29, 1.82) is 0 Å². The summed E-state index contributed by atoms with van der Waals surface area (Å²) in [6, 6.07) is 1.74. The van der Waals surface area contributed by atoms with Crippen LogP contribution >= 0.6 is 23.1 Å². The van der Waals surface area contributed by atoms with Crippen LogP contribution in [0.15, 0.2) is 21.5 Å². The number of hydrogen-bond acceptors (Lipinski definition) is 7. The SMILES string of the molecule is CN(C)c1nnc(Sc2cc(C(F)(F)F)cc(N)n2)s1. The molecule has 0 aliphatic carbocycles. The van der Waals surface area contributed by atoms with E-state index in [0.717, 1.165) is 23.9 Å². The zero-order valence-corrected chi connectivity index (χ0v) is 12.1. The molecule has 20 heavy (non-hydrogen) atoms. The minimum Gasteiger partial charge on any atom is -0.384 e. The fourth-order valence-electron chi connectivity index (χ4n) is 1.26. The van der Waals surface area contributed by atoms with Gasteiger partial charge >= 0.3 is 6.18 Å². The zero-order chi connectivity index (χ0) is 14.9. The summed E-state index contributed by atoms with van der Waals surface area (Å²) in [5.41, 5.74) is 4.57. The van der Waals surface area contributed by atoms with Crippen molar-refractivity contribution in [1.82, 2.24) is 15.2 Å². The van der Waals surface area contributed by atoms with Gasteiger partial charge in [0, 0.05) is 14.1 Å². The predicted molar refractivity (Wildman–Crippen MR) is 72.0 cm³/mol. The molecule has 0 aromatic carbocycles. The van der Waals surface area contributed by atoms with Crippen LogP contribution < -0.4 is 10.6 Å². The molecule has 0 radical (unpaired) electrons. The van der Waals surface area contributed by atoms with Crippen molar-refractivity contribution < 1.29 is 13.2 Å². The average Bonchev–Trinajstić information content (AvgIpc) is 2.75. The Labute approximate surface area is 121 Å². The van der Waals surface area contributed by atoms with Crippen LogP contribution in [0.2, 0.25) is 0 Å². The van der Waals surface area contributed by atoms with E-state index in [-0.39, 0.29) is 10.8 Å². The number of halogens is 3. The van der Waals surface area contributed by atoms with Crippen LogP contribution in [0.4, 0.5) is 24.1 Å². The predicted octanol–water partition coefficient (Wildman–Crippen LogP) is 2.75. The third-order valence-electron chi connectivity index (χ3n) is 2.12. The Balaban J connectivity index is 2.26. The summed E-state index contributed by atoms with van der Waals surface area (Å²) in [7, 11) is 3.60. The summed E-state index contributed by atoms with van der Waals surface area (Å²) in [4.78, 5) is 5.62. The first-order valence-electron chi connectivity index (χ1n) is 5.29. The van der Waals surface area contributed by atoms with Gasteiger partial charge in [0.05, 0.1) is 5.56 Å². The Bertz CT molecular complexity index is 611. The van der Waals surface area contributed by atoms with E-state index in [1.54, 1.807) is 19.0 Å². The molecule has 108 valence electrons. The first-order valence-corrected chi connectivity index (χ1v) is 6.92. The number of aromatic nitrogens is 3. The Morgan fingerprint density at radius 2 is 1.95 bits per heavy atom. The molecule has 2 aromatic rings. The number of pyridine rings is 1. The Morgan fingerprint density at radius 1 is 1.25 bits per heavy atom. The molecule has 2 rings (SSSR count). The highest BCUT2D eigenvalue weighted by molar-refractivity contribution is 8.01. The lowest BCUT2D eigenvalue weighted by molar-refractivity contribution is -0.137. The number of alkyl halides is 3. The monoisotopic (exact) mass is 321 g/mol. The van der Waals surface area contributed by atoms with E-state index >= 15 is 0 Å². The molecule has 0 saturated carbocycles. The van der Waals surface area contributed by atoms with E-state index in [1.807, 2.05) is 0 Å². The van der Waals surface area contributed by atoms with Gasteiger partial charge < -0.3 is 10.6 Å². The molecule has 5 nitrogen and oxygen atoms in total. The molecule has 10 heteroatoms. The number of nitrogens with two attached hydrogens (primary N) is 1. The maximum atomic E-state index is 12.7. The summed E-state index contributed by atoms with van der Waals surface area (Å²) in [6.45, 7) is 0. The van der Waals surface area contributed by atoms with E-state index in [1.165, 1.54) is 11.3 Å². The highest BCUT2D eigenvalue weighted by atomic mass is 32.2. The van der Waals surface area contributed by atoms with E-state index in [0.29, 0.717) is 9.47 Å². The normalized spacial score (nSPS) is 11.7. The first-order chi connectivity index (χ1) is 9.25. The third kappa shape index (κ3) is 3.51. The number of nitrogens with zero attached hydrogens (tertiary/aromatic N) is 4. The van der Waals surface area contributed by atoms with E-state index in [2.05, 4.69) is 15.2 Å². The van der Waals surface area contributed by atoms with Gasteiger partial charge in [-0.2, -0.15) is 13.2 Å². The molecule has 0 unspecified atom stereocenters. The van der Waals surface area contributed by atoms with Crippen LogP contribution in [-0.2, 0) is 6.18 Å². The van der Waals surface area contributed by atoms with E-state index in [4.69, 9.17) is 5.73 Å². The molecule has 0 spiro atoms. The van der Waals surface area contributed by atoms with Gasteiger partial charge in [0.25, 0.3) is 0 Å². The standard InChI is InChI=1S/C10H10F3N5S2/c1-18(2)8-16-17-9(20-8)19-7-4-5(10(11,12)13)3-6(14)15-7/h3-4H,1-2H3,(H2,14,15). The van der Waals surface area contributed by atoms with Crippen molar-refractivity contribution in [3.8, 4) is 0 Å². The van der Waals surface area contributed by atoms with Gasteiger partial charge in [0.15, 0.2) is 4.34 Å². The Kier molecular flexibility index (Phi) is 4.04. The van der Waals surface area contributed by atoms with Gasteiger partial charge in [-0.15, -0.1) is 10.2 Å². The van der Waals surface area contributed by atoms with Crippen molar-refractivity contribution >= 4 is 34.0 Å². The van der Waals surface area contributed by atoms with Crippen LogP contribution in [-0.4, -0.2) is 29.3 Å². The fourth-order valence-corrected chi connectivity index (χ4v) is 3.00. The number of rotatable bonds is 3. The second kappa shape index (κ2) is 5.44. The average molecular weight is 321 g/mol. The second-order valence-electron chi connectivity index (χ2n) is 3.96. The molecule has 0 aliphatic rings. The van der Waals surface area contributed by atoms with Gasteiger partial charge in [0.1, 0.15) is 10.8 Å². The highest BCUT2D eigenvalue weighted by Gasteiger charge is 2.31. The molecular formula is C10H10F3N5S2. The molecule has 0 bridgehead atoms. The molecule has 0 aliphatic heterocycles. The highest BCUT2D eigenvalue weighted by Crippen LogP contribution is 2.36. The van der Waals surface area contributed by atoms with Crippen molar-refractivity contribution in [2.45, 2.75) is 15.5 Å². The molecule has 0 amide bonds. The molecule has 0 saturated heterocycles. The lowest BCUT2D eigenvalue weighted by Gasteiger charge is -2.08. The molecular weight excluding hydrogens is 311 g/mol. The zero-order valence-electron chi connectivity index (χ0n) is 10.5. The minimum atomic E-state index is -4.46. The third-order valence-corrected chi connectivity index (χ3v) is 4.18. The quantitative estimate of drug-likeness (QED) is 0.937. The summed E-state index contributed by atoms with van der Waals surface area (Å²) in [6.07, 6.45) is -4.46. The lowest BCUT2D eigenvalue weighted by atomic mass is 10.2. The maximum absolute atomic E-state index is 12.7. The van der Waals surface area contributed by atoms with Crippen molar-refractivity contribution in [3.63, 3.8) is 0 Å². The minimum absolute atomic E-state index is 0.138. The molecule has 2 aromatic heterocycles. The Morgan fingerprint density at radius 3 is 2.50 bits per heavy atom.